The van der Waals surface area contributed by atoms with Gasteiger partial charge in [0.25, 0.3) is 5.91 Å². The maximum absolute atomic E-state index is 13.6. The van der Waals surface area contributed by atoms with Crippen LogP contribution in [0.15, 0.2) is 60.9 Å². The van der Waals surface area contributed by atoms with Crippen LogP contribution in [0.3, 0.4) is 0 Å². The Hall–Kier alpha value is -4.60. The molecule has 3 aromatic rings. The molecule has 218 valence electrons. The van der Waals surface area contributed by atoms with Crippen molar-refractivity contribution in [1.82, 2.24) is 20.1 Å². The molecular weight excluding hydrogens is 536 g/mol. The van der Waals surface area contributed by atoms with Crippen LogP contribution in [0.5, 0.6) is 17.2 Å². The van der Waals surface area contributed by atoms with Gasteiger partial charge in [-0.05, 0) is 59.5 Å². The third-order valence-corrected chi connectivity index (χ3v) is 8.10. The number of pyridine rings is 1. The van der Waals surface area contributed by atoms with E-state index in [1.54, 1.807) is 35.4 Å². The second kappa shape index (κ2) is 12.1. The molecule has 10 nitrogen and oxygen atoms in total. The summed E-state index contributed by atoms with van der Waals surface area (Å²) in [7, 11) is 1.59. The first-order chi connectivity index (χ1) is 20.5. The van der Waals surface area contributed by atoms with Crippen LogP contribution in [0, 0.1) is 0 Å². The number of carbonyl (C=O) groups excluding carboxylic acids is 3. The van der Waals surface area contributed by atoms with Crippen LogP contribution in [0.4, 0.5) is 0 Å². The predicted octanol–water partition coefficient (Wildman–Crippen LogP) is 2.60. The topological polar surface area (TPSA) is 110 Å². The highest BCUT2D eigenvalue weighted by Crippen LogP contribution is 2.35. The highest BCUT2D eigenvalue weighted by Gasteiger charge is 2.38. The molecule has 1 fully saturated rings. The molecule has 2 bridgehead atoms. The van der Waals surface area contributed by atoms with Crippen molar-refractivity contribution in [3.8, 4) is 17.2 Å². The number of nitrogens with one attached hydrogen (secondary N) is 1. The average molecular weight is 571 g/mol. The Morgan fingerprint density at radius 3 is 2.76 bits per heavy atom. The average Bonchev–Trinajstić information content (AvgIpc) is 3.65. The van der Waals surface area contributed by atoms with Crippen molar-refractivity contribution in [2.45, 2.75) is 31.2 Å². The summed E-state index contributed by atoms with van der Waals surface area (Å²) in [5, 5.41) is 3.15. The molecule has 3 aliphatic rings. The number of fused-ring (bicyclic) bond motifs is 5. The summed E-state index contributed by atoms with van der Waals surface area (Å²) >= 11 is 0. The van der Waals surface area contributed by atoms with Gasteiger partial charge in [0.05, 0.1) is 39.3 Å². The van der Waals surface area contributed by atoms with Crippen LogP contribution in [0.25, 0.3) is 0 Å². The van der Waals surface area contributed by atoms with E-state index in [-0.39, 0.29) is 42.6 Å². The Labute approximate surface area is 244 Å². The number of rotatable bonds is 4. The number of aromatic nitrogens is 1. The van der Waals surface area contributed by atoms with Crippen molar-refractivity contribution in [1.29, 1.82) is 0 Å². The minimum atomic E-state index is -0.341. The first-order valence-electron chi connectivity index (χ1n) is 14.3. The summed E-state index contributed by atoms with van der Waals surface area (Å²) in [4.78, 5) is 47.8. The lowest BCUT2D eigenvalue weighted by molar-refractivity contribution is -0.130. The summed E-state index contributed by atoms with van der Waals surface area (Å²) in [5.41, 5.74) is 3.30. The molecule has 0 radical (unpaired) electrons. The minimum Gasteiger partial charge on any atom is -0.493 e. The van der Waals surface area contributed by atoms with Crippen molar-refractivity contribution in [2.75, 3.05) is 46.5 Å². The zero-order valence-corrected chi connectivity index (χ0v) is 23.6. The molecule has 2 atom stereocenters. The van der Waals surface area contributed by atoms with E-state index in [4.69, 9.17) is 14.2 Å². The molecule has 2 aromatic carbocycles. The normalized spacial score (nSPS) is 20.1. The zero-order valence-electron chi connectivity index (χ0n) is 23.6. The molecule has 4 heterocycles. The molecule has 6 rings (SSSR count). The van der Waals surface area contributed by atoms with Crippen LogP contribution >= 0.6 is 0 Å². The predicted molar refractivity (Wildman–Crippen MR) is 154 cm³/mol. The quantitative estimate of drug-likeness (QED) is 0.514. The number of hydrogen-bond donors (Lipinski definition) is 1. The lowest BCUT2D eigenvalue weighted by atomic mass is 9.94. The van der Waals surface area contributed by atoms with Gasteiger partial charge in [0, 0.05) is 49.9 Å². The Balaban J connectivity index is 1.25. The Morgan fingerprint density at radius 2 is 1.93 bits per heavy atom. The van der Waals surface area contributed by atoms with E-state index in [0.29, 0.717) is 56.3 Å². The molecule has 1 aromatic heterocycles. The maximum Gasteiger partial charge on any atom is 0.254 e. The van der Waals surface area contributed by atoms with E-state index in [9.17, 15) is 14.4 Å². The van der Waals surface area contributed by atoms with Gasteiger partial charge in [0.1, 0.15) is 5.75 Å². The number of nitrogens with zero attached hydrogens (tertiary/aromatic N) is 3. The summed E-state index contributed by atoms with van der Waals surface area (Å²) in [6.07, 6.45) is 4.88. The Morgan fingerprint density at radius 1 is 1.05 bits per heavy atom. The fourth-order valence-corrected chi connectivity index (χ4v) is 5.94. The zero-order chi connectivity index (χ0) is 29.1. The van der Waals surface area contributed by atoms with Crippen LogP contribution < -0.4 is 19.5 Å². The molecule has 42 heavy (non-hydrogen) atoms. The van der Waals surface area contributed by atoms with Gasteiger partial charge in [0.2, 0.25) is 11.8 Å². The number of ether oxygens (including phenoxy) is 3. The van der Waals surface area contributed by atoms with E-state index in [1.807, 2.05) is 42.5 Å². The second-order valence-electron chi connectivity index (χ2n) is 10.9. The lowest BCUT2D eigenvalue weighted by Crippen LogP contribution is -2.47. The van der Waals surface area contributed by atoms with E-state index in [1.165, 1.54) is 0 Å². The number of hydrogen-bond acceptors (Lipinski definition) is 7. The second-order valence-corrected chi connectivity index (χ2v) is 10.9. The fraction of sp³-hybridized carbons (Fsp3) is 0.375. The van der Waals surface area contributed by atoms with Crippen LogP contribution in [0.1, 0.15) is 39.4 Å². The highest BCUT2D eigenvalue weighted by atomic mass is 16.5. The van der Waals surface area contributed by atoms with Gasteiger partial charge in [-0.15, -0.1) is 0 Å². The van der Waals surface area contributed by atoms with Gasteiger partial charge in [-0.1, -0.05) is 12.1 Å². The number of carbonyl (C=O) groups is 3. The molecule has 0 unspecified atom stereocenters. The SMILES string of the molecule is COc1ccc2cc1OCCCN(C(=O)c1ccc3c(c1)CCO3)CC(=O)N[C@H]1CN(C(=O)Cc3cccnc3)C[C@H]21. The van der Waals surface area contributed by atoms with Crippen molar-refractivity contribution in [2.24, 2.45) is 0 Å². The van der Waals surface area contributed by atoms with Crippen molar-refractivity contribution < 1.29 is 28.6 Å². The summed E-state index contributed by atoms with van der Waals surface area (Å²) in [5.74, 6) is 1.31. The smallest absolute Gasteiger partial charge is 0.254 e. The lowest BCUT2D eigenvalue weighted by Gasteiger charge is -2.25. The van der Waals surface area contributed by atoms with Gasteiger partial charge in [-0.25, -0.2) is 0 Å². The summed E-state index contributed by atoms with van der Waals surface area (Å²) in [6, 6.07) is 14.5. The van der Waals surface area contributed by atoms with E-state index < -0.39 is 0 Å². The molecule has 3 amide bonds. The van der Waals surface area contributed by atoms with Crippen LogP contribution in [-0.2, 0) is 22.4 Å². The van der Waals surface area contributed by atoms with E-state index in [2.05, 4.69) is 10.3 Å². The van der Waals surface area contributed by atoms with E-state index in [0.717, 1.165) is 28.9 Å². The van der Waals surface area contributed by atoms with Gasteiger partial charge >= 0.3 is 0 Å². The highest BCUT2D eigenvalue weighted by molar-refractivity contribution is 5.97. The van der Waals surface area contributed by atoms with Crippen molar-refractivity contribution >= 4 is 17.7 Å². The first kappa shape index (κ1) is 27.6. The monoisotopic (exact) mass is 570 g/mol. The van der Waals surface area contributed by atoms with E-state index >= 15 is 0 Å². The largest absolute Gasteiger partial charge is 0.493 e. The molecular formula is C32H34N4O6. The standard InChI is InChI=1S/C32H34N4O6/c1-40-28-8-5-22-16-29(28)41-12-3-11-35(32(39)24-6-7-27-23(15-24)9-13-42-27)20-30(37)34-26-19-36(18-25(22)26)31(38)14-21-4-2-10-33-17-21/h2,4-8,10,15-17,25-26H,3,9,11-14,18-20H2,1H3,(H,34,37)/t25-,26+/m1/s1. The van der Waals surface area contributed by atoms with Crippen LogP contribution in [0.2, 0.25) is 0 Å². The molecule has 0 saturated carbocycles. The molecule has 0 aliphatic carbocycles. The molecule has 1 saturated heterocycles. The van der Waals surface area contributed by atoms with Gasteiger partial charge in [-0.3, -0.25) is 19.4 Å². The van der Waals surface area contributed by atoms with Crippen molar-refractivity contribution in [3.63, 3.8) is 0 Å². The summed E-state index contributed by atoms with van der Waals surface area (Å²) < 4.78 is 17.3. The van der Waals surface area contributed by atoms with Gasteiger partial charge < -0.3 is 29.3 Å². The Kier molecular flexibility index (Phi) is 7.94. The summed E-state index contributed by atoms with van der Waals surface area (Å²) in [6.45, 7) is 1.98. The van der Waals surface area contributed by atoms with Crippen molar-refractivity contribution in [3.05, 3.63) is 83.2 Å². The number of amides is 3. The van der Waals surface area contributed by atoms with Gasteiger partial charge in [0.15, 0.2) is 11.5 Å². The van der Waals surface area contributed by atoms with Gasteiger partial charge in [-0.2, -0.15) is 0 Å². The fourth-order valence-electron chi connectivity index (χ4n) is 5.94. The third kappa shape index (κ3) is 5.88. The molecule has 0 spiro atoms. The maximum atomic E-state index is 13.6. The minimum absolute atomic E-state index is 0.0340. The third-order valence-electron chi connectivity index (χ3n) is 8.10. The molecule has 3 aliphatic heterocycles. The molecule has 1 N–H and O–H groups in total. The number of benzene rings is 2. The molecule has 10 heteroatoms. The first-order valence-corrected chi connectivity index (χ1v) is 14.3. The number of likely N-dealkylation sites (tertiary alicyclic amines) is 1. The Bertz CT molecular complexity index is 1480. The van der Waals surface area contributed by atoms with Crippen LogP contribution in [-0.4, -0.2) is 85.0 Å². The number of methoxy groups -OCH3 is 1.